The maximum atomic E-state index is 12.8. The van der Waals surface area contributed by atoms with Crippen molar-refractivity contribution < 1.29 is 13.2 Å². The molecule has 21 heavy (non-hydrogen) atoms. The minimum atomic E-state index is -4.49. The summed E-state index contributed by atoms with van der Waals surface area (Å²) in [4.78, 5) is 3.67. The Bertz CT molecular complexity index is 642. The van der Waals surface area contributed by atoms with Crippen LogP contribution in [0.25, 0.3) is 0 Å². The fourth-order valence-electron chi connectivity index (χ4n) is 1.81. The highest BCUT2D eigenvalue weighted by atomic mass is 32.1. The quantitative estimate of drug-likeness (QED) is 0.850. The second kappa shape index (κ2) is 6.09. The summed E-state index contributed by atoms with van der Waals surface area (Å²) < 4.78 is 38.5. The second-order valence-electron chi connectivity index (χ2n) is 4.34. The smallest absolute Gasteiger partial charge is 0.389 e. The Morgan fingerprint density at radius 2 is 2.05 bits per heavy atom. The van der Waals surface area contributed by atoms with E-state index in [9.17, 15) is 13.2 Å². The number of thiocarbonyl (C=S) groups is 1. The van der Waals surface area contributed by atoms with Gasteiger partial charge < -0.3 is 11.1 Å². The number of aromatic nitrogens is 1. The summed E-state index contributed by atoms with van der Waals surface area (Å²) in [7, 11) is 0. The summed E-state index contributed by atoms with van der Waals surface area (Å²) in [6.07, 6.45) is -1.17. The third-order valence-electron chi connectivity index (χ3n) is 2.81. The molecular weight excluding hydrogens is 299 g/mol. The molecule has 2 aromatic rings. The van der Waals surface area contributed by atoms with Crippen molar-refractivity contribution in [1.82, 2.24) is 4.98 Å². The van der Waals surface area contributed by atoms with Crippen LogP contribution in [0.2, 0.25) is 0 Å². The molecule has 0 atom stereocenters. The van der Waals surface area contributed by atoms with Crippen molar-refractivity contribution in [3.8, 4) is 0 Å². The molecule has 110 valence electrons. The molecule has 0 spiro atoms. The molecule has 0 fully saturated rings. The largest absolute Gasteiger partial charge is 0.417 e. The van der Waals surface area contributed by atoms with Gasteiger partial charge in [-0.1, -0.05) is 18.3 Å². The molecule has 7 heteroatoms. The first-order valence-corrected chi connectivity index (χ1v) is 6.42. The Kier molecular flexibility index (Phi) is 4.42. The Morgan fingerprint density at radius 1 is 1.29 bits per heavy atom. The number of nitrogens with one attached hydrogen (secondary N) is 1. The zero-order valence-corrected chi connectivity index (χ0v) is 11.6. The Labute approximate surface area is 125 Å². The van der Waals surface area contributed by atoms with Crippen LogP contribution in [-0.4, -0.2) is 9.97 Å². The molecule has 0 saturated carbocycles. The zero-order valence-electron chi connectivity index (χ0n) is 10.8. The minimum Gasteiger partial charge on any atom is -0.389 e. The van der Waals surface area contributed by atoms with Crippen LogP contribution < -0.4 is 11.1 Å². The van der Waals surface area contributed by atoms with Crippen molar-refractivity contribution in [1.29, 1.82) is 0 Å². The van der Waals surface area contributed by atoms with Gasteiger partial charge in [0.1, 0.15) is 4.99 Å². The maximum absolute atomic E-state index is 12.8. The van der Waals surface area contributed by atoms with Crippen molar-refractivity contribution in [2.24, 2.45) is 5.73 Å². The molecule has 0 bridgehead atoms. The van der Waals surface area contributed by atoms with Gasteiger partial charge in [0.05, 0.1) is 5.56 Å². The minimum absolute atomic E-state index is 0.186. The summed E-state index contributed by atoms with van der Waals surface area (Å²) in [5.74, 6) is 0. The highest BCUT2D eigenvalue weighted by molar-refractivity contribution is 7.80. The highest BCUT2D eigenvalue weighted by Gasteiger charge is 2.33. The maximum Gasteiger partial charge on any atom is 0.417 e. The number of nitrogens with zero attached hydrogens (tertiary/aromatic N) is 1. The summed E-state index contributed by atoms with van der Waals surface area (Å²) in [5.41, 5.74) is 5.78. The van der Waals surface area contributed by atoms with Crippen LogP contribution in [-0.2, 0) is 12.7 Å². The van der Waals surface area contributed by atoms with Gasteiger partial charge in [0, 0.05) is 30.2 Å². The van der Waals surface area contributed by atoms with Crippen molar-refractivity contribution >= 4 is 22.9 Å². The second-order valence-corrected chi connectivity index (χ2v) is 4.78. The Morgan fingerprint density at radius 3 is 2.62 bits per heavy atom. The van der Waals surface area contributed by atoms with Gasteiger partial charge in [-0.2, -0.15) is 13.2 Å². The molecule has 0 aliphatic heterocycles. The van der Waals surface area contributed by atoms with Crippen LogP contribution >= 0.6 is 12.2 Å². The molecule has 0 unspecified atom stereocenters. The molecule has 1 aromatic carbocycles. The van der Waals surface area contributed by atoms with Gasteiger partial charge in [0.25, 0.3) is 0 Å². The molecule has 0 aliphatic carbocycles. The average Bonchev–Trinajstić information content (AvgIpc) is 2.45. The molecule has 3 nitrogen and oxygen atoms in total. The highest BCUT2D eigenvalue weighted by Crippen LogP contribution is 2.33. The van der Waals surface area contributed by atoms with E-state index in [0.717, 1.165) is 11.6 Å². The van der Waals surface area contributed by atoms with E-state index >= 15 is 0 Å². The van der Waals surface area contributed by atoms with Crippen LogP contribution in [0.1, 0.15) is 16.7 Å². The Hall–Kier alpha value is -2.15. The fourth-order valence-corrected chi connectivity index (χ4v) is 1.98. The fraction of sp³-hybridized carbons (Fsp3) is 0.143. The van der Waals surface area contributed by atoms with Gasteiger partial charge in [-0.05, 0) is 29.8 Å². The lowest BCUT2D eigenvalue weighted by molar-refractivity contribution is -0.137. The summed E-state index contributed by atoms with van der Waals surface area (Å²) in [6.45, 7) is 0.440. The average molecular weight is 311 g/mol. The van der Waals surface area contributed by atoms with Crippen LogP contribution in [0.15, 0.2) is 42.7 Å². The Balaban J connectivity index is 2.22. The normalized spacial score (nSPS) is 11.2. The monoisotopic (exact) mass is 311 g/mol. The number of hydrogen-bond acceptors (Lipinski definition) is 3. The van der Waals surface area contributed by atoms with Gasteiger partial charge in [-0.3, -0.25) is 4.98 Å². The summed E-state index contributed by atoms with van der Waals surface area (Å²) in [5, 5.41) is 3.01. The summed E-state index contributed by atoms with van der Waals surface area (Å²) >= 11 is 4.70. The van der Waals surface area contributed by atoms with Crippen LogP contribution in [0.3, 0.4) is 0 Å². The van der Waals surface area contributed by atoms with Gasteiger partial charge in [0.2, 0.25) is 0 Å². The third kappa shape index (κ3) is 3.91. The number of anilines is 1. The molecule has 3 N–H and O–H groups in total. The standard InChI is InChI=1S/C14H12F3N3S/c15-14(16,17)12-4-3-10(6-11(12)13(18)21)20-8-9-2-1-5-19-7-9/h1-7,20H,8H2,(H2,18,21). The van der Waals surface area contributed by atoms with Crippen molar-refractivity contribution in [2.75, 3.05) is 5.32 Å². The predicted octanol–water partition coefficient (Wildman–Crippen LogP) is 3.35. The first-order valence-electron chi connectivity index (χ1n) is 6.02. The molecule has 1 aromatic heterocycles. The summed E-state index contributed by atoms with van der Waals surface area (Å²) in [6, 6.07) is 7.27. The van der Waals surface area contributed by atoms with Gasteiger partial charge in [0.15, 0.2) is 0 Å². The predicted molar refractivity (Wildman–Crippen MR) is 78.9 cm³/mol. The molecule has 0 amide bonds. The van der Waals surface area contributed by atoms with Gasteiger partial charge >= 0.3 is 6.18 Å². The van der Waals surface area contributed by atoms with E-state index in [1.165, 1.54) is 12.1 Å². The molecule has 0 aliphatic rings. The topological polar surface area (TPSA) is 50.9 Å². The van der Waals surface area contributed by atoms with Crippen LogP contribution in [0.5, 0.6) is 0 Å². The van der Waals surface area contributed by atoms with E-state index in [1.807, 2.05) is 6.07 Å². The number of rotatable bonds is 4. The van der Waals surface area contributed by atoms with E-state index in [2.05, 4.69) is 10.3 Å². The first-order chi connectivity index (χ1) is 9.88. The van der Waals surface area contributed by atoms with Crippen molar-refractivity contribution in [3.63, 3.8) is 0 Å². The van der Waals surface area contributed by atoms with E-state index in [1.54, 1.807) is 18.5 Å². The van der Waals surface area contributed by atoms with E-state index < -0.39 is 11.7 Å². The SMILES string of the molecule is NC(=S)c1cc(NCc2cccnc2)ccc1C(F)(F)F. The molecule has 2 rings (SSSR count). The molecular formula is C14H12F3N3S. The lowest BCUT2D eigenvalue weighted by Gasteiger charge is -2.14. The number of alkyl halides is 3. The number of benzene rings is 1. The molecule has 0 saturated heterocycles. The van der Waals surface area contributed by atoms with Crippen molar-refractivity contribution in [2.45, 2.75) is 12.7 Å². The van der Waals surface area contributed by atoms with Gasteiger partial charge in [-0.25, -0.2) is 0 Å². The lowest BCUT2D eigenvalue weighted by atomic mass is 10.1. The van der Waals surface area contributed by atoms with Gasteiger partial charge in [-0.15, -0.1) is 0 Å². The van der Waals surface area contributed by atoms with Crippen LogP contribution in [0.4, 0.5) is 18.9 Å². The molecule has 1 heterocycles. The van der Waals surface area contributed by atoms with E-state index in [4.69, 9.17) is 18.0 Å². The van der Waals surface area contributed by atoms with Crippen molar-refractivity contribution in [3.05, 3.63) is 59.4 Å². The molecule has 0 radical (unpaired) electrons. The van der Waals surface area contributed by atoms with E-state index in [0.29, 0.717) is 12.2 Å². The first kappa shape index (κ1) is 15.2. The zero-order chi connectivity index (χ0) is 15.5. The van der Waals surface area contributed by atoms with E-state index in [-0.39, 0.29) is 10.6 Å². The lowest BCUT2D eigenvalue weighted by Crippen LogP contribution is -2.18. The number of pyridine rings is 1. The number of nitrogens with two attached hydrogens (primary N) is 1. The number of hydrogen-bond donors (Lipinski definition) is 2. The third-order valence-corrected chi connectivity index (χ3v) is 3.03. The number of halogens is 3. The van der Waals surface area contributed by atoms with Crippen LogP contribution in [0, 0.1) is 0 Å².